The van der Waals surface area contributed by atoms with Crippen LogP contribution in [0.2, 0.25) is 0 Å². The number of carbonyl (C=O) groups excluding carboxylic acids is 1. The van der Waals surface area contributed by atoms with Gasteiger partial charge in [0.15, 0.2) is 0 Å². The maximum Gasteiger partial charge on any atom is 0.254 e. The van der Waals surface area contributed by atoms with Crippen LogP contribution in [0.5, 0.6) is 0 Å². The van der Waals surface area contributed by atoms with Gasteiger partial charge in [0.05, 0.1) is 0 Å². The first-order chi connectivity index (χ1) is 8.25. The highest BCUT2D eigenvalue weighted by molar-refractivity contribution is 9.10. The van der Waals surface area contributed by atoms with Crippen molar-refractivity contribution in [3.8, 4) is 0 Å². The normalized spacial score (nSPS) is 23.9. The van der Waals surface area contributed by atoms with Crippen molar-refractivity contribution < 1.29 is 4.79 Å². The number of fused-ring (bicyclic) bond motifs is 1. The molecule has 1 fully saturated rings. The van der Waals surface area contributed by atoms with Crippen LogP contribution >= 0.6 is 15.9 Å². The molecule has 0 unspecified atom stereocenters. The number of carbonyl (C=O) groups is 1. The van der Waals surface area contributed by atoms with Crippen LogP contribution in [-0.2, 0) is 6.54 Å². The second-order valence-electron chi connectivity index (χ2n) is 4.73. The lowest BCUT2D eigenvalue weighted by Crippen LogP contribution is -2.46. The number of rotatable bonds is 1. The summed E-state index contributed by atoms with van der Waals surface area (Å²) in [4.78, 5) is 14.3. The van der Waals surface area contributed by atoms with E-state index < -0.39 is 0 Å². The Morgan fingerprint density at radius 1 is 1.41 bits per heavy atom. The van der Waals surface area contributed by atoms with Crippen LogP contribution in [0.15, 0.2) is 22.7 Å². The highest BCUT2D eigenvalue weighted by atomic mass is 79.9. The summed E-state index contributed by atoms with van der Waals surface area (Å²) in [6.45, 7) is 2.78. The third kappa shape index (κ3) is 2.00. The number of nitrogens with one attached hydrogen (secondary N) is 1. The van der Waals surface area contributed by atoms with Crippen molar-refractivity contribution in [1.29, 1.82) is 0 Å². The van der Waals surface area contributed by atoms with Crippen LogP contribution in [0.1, 0.15) is 28.8 Å². The van der Waals surface area contributed by atoms with Crippen molar-refractivity contribution in [2.45, 2.75) is 25.4 Å². The van der Waals surface area contributed by atoms with Gasteiger partial charge in [-0.05, 0) is 37.1 Å². The van der Waals surface area contributed by atoms with Gasteiger partial charge < -0.3 is 10.2 Å². The van der Waals surface area contributed by atoms with E-state index in [9.17, 15) is 4.79 Å². The molecule has 1 saturated heterocycles. The Bertz CT molecular complexity index is 455. The molecule has 2 aliphatic heterocycles. The zero-order valence-corrected chi connectivity index (χ0v) is 11.2. The second kappa shape index (κ2) is 4.42. The molecule has 1 amide bonds. The molecule has 0 bridgehead atoms. The van der Waals surface area contributed by atoms with Crippen LogP contribution in [-0.4, -0.2) is 29.9 Å². The number of halogens is 1. The van der Waals surface area contributed by atoms with Gasteiger partial charge in [-0.25, -0.2) is 0 Å². The van der Waals surface area contributed by atoms with Crippen LogP contribution < -0.4 is 5.32 Å². The summed E-state index contributed by atoms with van der Waals surface area (Å²) < 4.78 is 0.980. The summed E-state index contributed by atoms with van der Waals surface area (Å²) >= 11 is 3.43. The first-order valence-electron chi connectivity index (χ1n) is 6.06. The Hall–Kier alpha value is -0.870. The fourth-order valence-electron chi connectivity index (χ4n) is 2.69. The predicted octanol–water partition coefficient (Wildman–Crippen LogP) is 2.16. The molecule has 1 atom stereocenters. The highest BCUT2D eigenvalue weighted by Crippen LogP contribution is 2.28. The smallest absolute Gasteiger partial charge is 0.254 e. The zero-order chi connectivity index (χ0) is 11.8. The number of amides is 1. The minimum absolute atomic E-state index is 0.190. The van der Waals surface area contributed by atoms with Gasteiger partial charge in [-0.15, -0.1) is 0 Å². The molecule has 0 saturated carbocycles. The van der Waals surface area contributed by atoms with Crippen molar-refractivity contribution in [3.05, 3.63) is 33.8 Å². The summed E-state index contributed by atoms with van der Waals surface area (Å²) in [5.74, 6) is 0.190. The van der Waals surface area contributed by atoms with Gasteiger partial charge in [0.25, 0.3) is 5.91 Å². The quantitative estimate of drug-likeness (QED) is 0.861. The van der Waals surface area contributed by atoms with E-state index in [-0.39, 0.29) is 5.91 Å². The van der Waals surface area contributed by atoms with Gasteiger partial charge >= 0.3 is 0 Å². The predicted molar refractivity (Wildman–Crippen MR) is 69.9 cm³/mol. The highest BCUT2D eigenvalue weighted by Gasteiger charge is 2.33. The number of piperidine rings is 1. The lowest BCUT2D eigenvalue weighted by atomic mass is 10.1. The molecule has 3 nitrogen and oxygen atoms in total. The van der Waals surface area contributed by atoms with Gasteiger partial charge in [-0.2, -0.15) is 0 Å². The van der Waals surface area contributed by atoms with E-state index in [1.54, 1.807) is 0 Å². The molecule has 0 aliphatic carbocycles. The van der Waals surface area contributed by atoms with Gasteiger partial charge in [-0.1, -0.05) is 22.0 Å². The molecule has 90 valence electrons. The van der Waals surface area contributed by atoms with Crippen LogP contribution in [0.4, 0.5) is 0 Å². The molecule has 2 aliphatic rings. The lowest BCUT2D eigenvalue weighted by molar-refractivity contribution is 0.0674. The monoisotopic (exact) mass is 294 g/mol. The Labute approximate surface area is 109 Å². The summed E-state index contributed by atoms with van der Waals surface area (Å²) in [5.41, 5.74) is 2.02. The van der Waals surface area contributed by atoms with Crippen LogP contribution in [0.25, 0.3) is 0 Å². The molecular weight excluding hydrogens is 280 g/mol. The summed E-state index contributed by atoms with van der Waals surface area (Å²) in [5, 5.41) is 3.37. The van der Waals surface area contributed by atoms with E-state index in [0.29, 0.717) is 6.04 Å². The third-order valence-corrected chi connectivity index (χ3v) is 4.11. The molecular formula is C13H15BrN2O. The largest absolute Gasteiger partial charge is 0.330 e. The Kier molecular flexibility index (Phi) is 2.92. The van der Waals surface area contributed by atoms with Crippen molar-refractivity contribution >= 4 is 21.8 Å². The maximum atomic E-state index is 12.3. The number of nitrogens with zero attached hydrogens (tertiary/aromatic N) is 1. The summed E-state index contributed by atoms with van der Waals surface area (Å²) in [6, 6.07) is 6.36. The molecule has 3 rings (SSSR count). The van der Waals surface area contributed by atoms with E-state index >= 15 is 0 Å². The van der Waals surface area contributed by atoms with E-state index in [1.165, 1.54) is 0 Å². The number of hydrogen-bond donors (Lipinski definition) is 1. The van der Waals surface area contributed by atoms with E-state index in [1.807, 2.05) is 23.1 Å². The molecule has 4 heteroatoms. The fourth-order valence-corrected chi connectivity index (χ4v) is 3.05. The SMILES string of the molecule is O=C1c2cc(Br)ccc2CN1[C@H]1CCCNC1. The number of benzene rings is 1. The third-order valence-electron chi connectivity index (χ3n) is 3.62. The topological polar surface area (TPSA) is 32.3 Å². The van der Waals surface area contributed by atoms with Crippen LogP contribution in [0, 0.1) is 0 Å². The van der Waals surface area contributed by atoms with Gasteiger partial charge in [0.2, 0.25) is 0 Å². The van der Waals surface area contributed by atoms with Gasteiger partial charge in [0.1, 0.15) is 0 Å². The Morgan fingerprint density at radius 2 is 2.29 bits per heavy atom. The van der Waals surface area contributed by atoms with Crippen molar-refractivity contribution in [1.82, 2.24) is 10.2 Å². The Balaban J connectivity index is 1.85. The zero-order valence-electron chi connectivity index (χ0n) is 9.58. The summed E-state index contributed by atoms with van der Waals surface area (Å²) in [7, 11) is 0. The van der Waals surface area contributed by atoms with Gasteiger partial charge in [-0.3, -0.25) is 4.79 Å². The lowest BCUT2D eigenvalue weighted by Gasteiger charge is -2.31. The standard InChI is InChI=1S/C13H15BrN2O/c14-10-4-3-9-8-16(13(17)12(9)6-10)11-2-1-5-15-7-11/h3-4,6,11,15H,1-2,5,7-8H2/t11-/m0/s1. The maximum absolute atomic E-state index is 12.3. The number of hydrogen-bond acceptors (Lipinski definition) is 2. The summed E-state index contributed by atoms with van der Waals surface area (Å²) in [6.07, 6.45) is 2.28. The van der Waals surface area contributed by atoms with Gasteiger partial charge in [0, 0.05) is 29.2 Å². The van der Waals surface area contributed by atoms with E-state index in [2.05, 4.69) is 21.2 Å². The fraction of sp³-hybridized carbons (Fsp3) is 0.462. The first kappa shape index (κ1) is 11.2. The molecule has 1 N–H and O–H groups in total. The molecule has 0 radical (unpaired) electrons. The average molecular weight is 295 g/mol. The Morgan fingerprint density at radius 3 is 3.06 bits per heavy atom. The van der Waals surface area contributed by atoms with Crippen molar-refractivity contribution in [2.24, 2.45) is 0 Å². The molecule has 0 spiro atoms. The molecule has 17 heavy (non-hydrogen) atoms. The minimum Gasteiger partial charge on any atom is -0.330 e. The van der Waals surface area contributed by atoms with Crippen molar-refractivity contribution in [2.75, 3.05) is 13.1 Å². The van der Waals surface area contributed by atoms with E-state index in [4.69, 9.17) is 0 Å². The average Bonchev–Trinajstić information content (AvgIpc) is 2.68. The first-order valence-corrected chi connectivity index (χ1v) is 6.85. The molecule has 1 aromatic carbocycles. The molecule has 2 heterocycles. The second-order valence-corrected chi connectivity index (χ2v) is 5.65. The van der Waals surface area contributed by atoms with Crippen molar-refractivity contribution in [3.63, 3.8) is 0 Å². The van der Waals surface area contributed by atoms with Crippen LogP contribution in [0.3, 0.4) is 0 Å². The minimum atomic E-state index is 0.190. The molecule has 0 aromatic heterocycles. The van der Waals surface area contributed by atoms with E-state index in [0.717, 1.165) is 48.1 Å². The molecule has 1 aromatic rings.